The maximum absolute atomic E-state index is 12.6. The number of amides is 1. The van der Waals surface area contributed by atoms with Crippen LogP contribution in [0.5, 0.6) is 0 Å². The lowest BCUT2D eigenvalue weighted by atomic mass is 9.96. The van der Waals surface area contributed by atoms with E-state index in [2.05, 4.69) is 0 Å². The van der Waals surface area contributed by atoms with Crippen LogP contribution in [-0.4, -0.2) is 23.9 Å². The lowest BCUT2D eigenvalue weighted by Gasteiger charge is -2.15. The maximum atomic E-state index is 12.6. The fraction of sp³-hybridized carbons (Fsp3) is 0.462. The third-order valence-corrected chi connectivity index (χ3v) is 3.32. The van der Waals surface area contributed by atoms with Crippen LogP contribution < -0.4 is 0 Å². The molecule has 1 atom stereocenters. The van der Waals surface area contributed by atoms with Crippen LogP contribution in [0.1, 0.15) is 30.4 Å². The molecule has 2 rings (SSSR count). The fourth-order valence-electron chi connectivity index (χ4n) is 2.29. The number of alkyl halides is 3. The summed E-state index contributed by atoms with van der Waals surface area (Å²) in [5.74, 6) is -0.0133. The largest absolute Gasteiger partial charge is 0.416 e. The zero-order valence-electron chi connectivity index (χ0n) is 10.00. The SMILES string of the molecule is CC(=O)N1CC[C@@H](c2cccc(C(F)(F)F)c2)C1. The molecule has 1 saturated heterocycles. The molecule has 0 spiro atoms. The molecule has 1 amide bonds. The maximum Gasteiger partial charge on any atom is 0.416 e. The van der Waals surface area contributed by atoms with E-state index in [1.54, 1.807) is 11.0 Å². The zero-order valence-corrected chi connectivity index (χ0v) is 10.00. The number of benzene rings is 1. The van der Waals surface area contributed by atoms with E-state index in [-0.39, 0.29) is 11.8 Å². The highest BCUT2D eigenvalue weighted by Gasteiger charge is 2.32. The Labute approximate surface area is 103 Å². The Morgan fingerprint density at radius 1 is 1.39 bits per heavy atom. The van der Waals surface area contributed by atoms with Gasteiger partial charge in [0, 0.05) is 25.9 Å². The number of halogens is 3. The molecule has 1 fully saturated rings. The van der Waals surface area contributed by atoms with Gasteiger partial charge in [0.25, 0.3) is 0 Å². The lowest BCUT2D eigenvalue weighted by Crippen LogP contribution is -2.25. The molecular formula is C13H14F3NO. The first-order valence-corrected chi connectivity index (χ1v) is 5.80. The molecule has 0 aromatic heterocycles. The smallest absolute Gasteiger partial charge is 0.342 e. The van der Waals surface area contributed by atoms with Gasteiger partial charge < -0.3 is 4.90 Å². The van der Waals surface area contributed by atoms with Crippen LogP contribution in [0.4, 0.5) is 13.2 Å². The molecule has 0 saturated carbocycles. The summed E-state index contributed by atoms with van der Waals surface area (Å²) in [7, 11) is 0. The summed E-state index contributed by atoms with van der Waals surface area (Å²) in [5.41, 5.74) is 0.0369. The number of carbonyl (C=O) groups is 1. The molecule has 2 nitrogen and oxygen atoms in total. The predicted molar refractivity (Wildman–Crippen MR) is 61.1 cm³/mol. The van der Waals surface area contributed by atoms with E-state index in [1.165, 1.54) is 19.1 Å². The molecule has 0 radical (unpaired) electrons. The first-order chi connectivity index (χ1) is 8.38. The van der Waals surface area contributed by atoms with Gasteiger partial charge in [0.2, 0.25) is 5.91 Å². The molecule has 1 aromatic carbocycles. The van der Waals surface area contributed by atoms with Gasteiger partial charge >= 0.3 is 6.18 Å². The molecule has 1 heterocycles. The van der Waals surface area contributed by atoms with Gasteiger partial charge in [-0.25, -0.2) is 0 Å². The highest BCUT2D eigenvalue weighted by atomic mass is 19.4. The van der Waals surface area contributed by atoms with Crippen molar-refractivity contribution in [3.8, 4) is 0 Å². The standard InChI is InChI=1S/C13H14F3NO/c1-9(18)17-6-5-11(8-17)10-3-2-4-12(7-10)13(14,15)16/h2-4,7,11H,5-6,8H2,1H3/t11-/m1/s1. The molecule has 0 bridgehead atoms. The summed E-state index contributed by atoms with van der Waals surface area (Å²) in [6.45, 7) is 2.61. The number of hydrogen-bond donors (Lipinski definition) is 0. The van der Waals surface area contributed by atoms with Gasteiger partial charge in [0.1, 0.15) is 0 Å². The minimum absolute atomic E-state index is 0.0104. The quantitative estimate of drug-likeness (QED) is 0.757. The van der Waals surface area contributed by atoms with Crippen molar-refractivity contribution >= 4 is 5.91 Å². The van der Waals surface area contributed by atoms with Crippen molar-refractivity contribution in [1.82, 2.24) is 4.90 Å². The van der Waals surface area contributed by atoms with Crippen LogP contribution in [0.3, 0.4) is 0 Å². The monoisotopic (exact) mass is 257 g/mol. The zero-order chi connectivity index (χ0) is 13.3. The van der Waals surface area contributed by atoms with Crippen molar-refractivity contribution in [2.24, 2.45) is 0 Å². The van der Waals surface area contributed by atoms with Crippen LogP contribution in [-0.2, 0) is 11.0 Å². The molecule has 0 unspecified atom stereocenters. The van der Waals surface area contributed by atoms with E-state index < -0.39 is 11.7 Å². The summed E-state index contributed by atoms with van der Waals surface area (Å²) < 4.78 is 37.8. The third-order valence-electron chi connectivity index (χ3n) is 3.32. The molecular weight excluding hydrogens is 243 g/mol. The van der Waals surface area contributed by atoms with Crippen molar-refractivity contribution in [3.05, 3.63) is 35.4 Å². The van der Waals surface area contributed by atoms with Crippen LogP contribution in [0.25, 0.3) is 0 Å². The van der Waals surface area contributed by atoms with Crippen LogP contribution in [0.15, 0.2) is 24.3 Å². The van der Waals surface area contributed by atoms with E-state index >= 15 is 0 Å². The van der Waals surface area contributed by atoms with Crippen LogP contribution in [0, 0.1) is 0 Å². The molecule has 1 aliphatic rings. The highest BCUT2D eigenvalue weighted by molar-refractivity contribution is 5.73. The minimum atomic E-state index is -4.31. The Morgan fingerprint density at radius 3 is 2.67 bits per heavy atom. The molecule has 5 heteroatoms. The Morgan fingerprint density at radius 2 is 2.11 bits per heavy atom. The molecule has 98 valence electrons. The average Bonchev–Trinajstić information content (AvgIpc) is 2.77. The van der Waals surface area contributed by atoms with Crippen molar-refractivity contribution in [1.29, 1.82) is 0 Å². The third kappa shape index (κ3) is 2.66. The summed E-state index contributed by atoms with van der Waals surface area (Å²) >= 11 is 0. The van der Waals surface area contributed by atoms with Crippen molar-refractivity contribution in [3.63, 3.8) is 0 Å². The van der Waals surface area contributed by atoms with E-state index in [0.29, 0.717) is 18.7 Å². The topological polar surface area (TPSA) is 20.3 Å². The van der Waals surface area contributed by atoms with Gasteiger partial charge in [0.15, 0.2) is 0 Å². The molecule has 0 aliphatic carbocycles. The Kier molecular flexibility index (Phi) is 3.32. The second-order valence-corrected chi connectivity index (χ2v) is 4.57. The first-order valence-electron chi connectivity index (χ1n) is 5.80. The van der Waals surface area contributed by atoms with E-state index in [4.69, 9.17) is 0 Å². The Bertz CT molecular complexity index is 456. The summed E-state index contributed by atoms with van der Waals surface area (Å²) in [4.78, 5) is 12.9. The first kappa shape index (κ1) is 12.9. The molecule has 18 heavy (non-hydrogen) atoms. The van der Waals surface area contributed by atoms with Crippen molar-refractivity contribution < 1.29 is 18.0 Å². The van der Waals surface area contributed by atoms with E-state index in [0.717, 1.165) is 12.5 Å². The summed E-state index contributed by atoms with van der Waals surface area (Å²) in [6.07, 6.45) is -3.59. The van der Waals surface area contributed by atoms with E-state index in [1.807, 2.05) is 0 Å². The van der Waals surface area contributed by atoms with Gasteiger partial charge in [-0.1, -0.05) is 18.2 Å². The Hall–Kier alpha value is -1.52. The van der Waals surface area contributed by atoms with Gasteiger partial charge in [-0.3, -0.25) is 4.79 Å². The van der Waals surface area contributed by atoms with Gasteiger partial charge in [-0.2, -0.15) is 13.2 Å². The van der Waals surface area contributed by atoms with Crippen molar-refractivity contribution in [2.75, 3.05) is 13.1 Å². The number of likely N-dealkylation sites (tertiary alicyclic amines) is 1. The molecule has 1 aliphatic heterocycles. The van der Waals surface area contributed by atoms with Crippen LogP contribution in [0.2, 0.25) is 0 Å². The fourth-order valence-corrected chi connectivity index (χ4v) is 2.29. The summed E-state index contributed by atoms with van der Waals surface area (Å²) in [6, 6.07) is 5.38. The van der Waals surface area contributed by atoms with Crippen LogP contribution >= 0.6 is 0 Å². The van der Waals surface area contributed by atoms with Gasteiger partial charge in [-0.15, -0.1) is 0 Å². The minimum Gasteiger partial charge on any atom is -0.342 e. The normalized spacial score (nSPS) is 20.2. The van der Waals surface area contributed by atoms with Gasteiger partial charge in [0.05, 0.1) is 5.56 Å². The van der Waals surface area contributed by atoms with E-state index in [9.17, 15) is 18.0 Å². The number of nitrogens with zero attached hydrogens (tertiary/aromatic N) is 1. The second kappa shape index (κ2) is 4.63. The number of rotatable bonds is 1. The molecule has 1 aromatic rings. The number of carbonyl (C=O) groups excluding carboxylic acids is 1. The van der Waals surface area contributed by atoms with Gasteiger partial charge in [-0.05, 0) is 18.1 Å². The highest BCUT2D eigenvalue weighted by Crippen LogP contribution is 2.33. The second-order valence-electron chi connectivity index (χ2n) is 4.57. The summed E-state index contributed by atoms with van der Waals surface area (Å²) in [5, 5.41) is 0. The Balaban J connectivity index is 2.18. The number of hydrogen-bond acceptors (Lipinski definition) is 1. The average molecular weight is 257 g/mol. The predicted octanol–water partition coefficient (Wildman–Crippen LogP) is 3.04. The van der Waals surface area contributed by atoms with Crippen molar-refractivity contribution in [2.45, 2.75) is 25.4 Å². The lowest BCUT2D eigenvalue weighted by molar-refractivity contribution is -0.137. The molecule has 0 N–H and O–H groups in total.